The van der Waals surface area contributed by atoms with E-state index in [1.165, 1.54) is 14.0 Å². The lowest BCUT2D eigenvalue weighted by Crippen LogP contribution is -2.10. The standard InChI is InChI=1S/C11H13NO4/c1-8(13)5-6-9-10(4-3-7-12-9)16-11(14)15-2/h3-4,7H,5-6H2,1-2H3. The number of hydrogen-bond donors (Lipinski definition) is 0. The minimum Gasteiger partial charge on any atom is -0.437 e. The molecule has 0 fully saturated rings. The van der Waals surface area contributed by atoms with Gasteiger partial charge in [-0.1, -0.05) is 0 Å². The summed E-state index contributed by atoms with van der Waals surface area (Å²) in [5, 5.41) is 0. The average molecular weight is 223 g/mol. The van der Waals surface area contributed by atoms with E-state index in [1.54, 1.807) is 18.3 Å². The van der Waals surface area contributed by atoms with Gasteiger partial charge >= 0.3 is 6.16 Å². The summed E-state index contributed by atoms with van der Waals surface area (Å²) in [6.07, 6.45) is 1.61. The summed E-state index contributed by atoms with van der Waals surface area (Å²) in [4.78, 5) is 25.8. The second-order valence-corrected chi connectivity index (χ2v) is 3.21. The Bertz CT molecular complexity index is 389. The number of methoxy groups -OCH3 is 1. The van der Waals surface area contributed by atoms with Gasteiger partial charge in [0, 0.05) is 19.0 Å². The molecule has 1 aromatic rings. The molecule has 5 heteroatoms. The van der Waals surface area contributed by atoms with E-state index in [0.29, 0.717) is 24.3 Å². The van der Waals surface area contributed by atoms with Crippen LogP contribution in [0.5, 0.6) is 5.75 Å². The first kappa shape index (κ1) is 12.2. The molecule has 0 aliphatic heterocycles. The van der Waals surface area contributed by atoms with Crippen LogP contribution in [0.15, 0.2) is 18.3 Å². The Kier molecular flexibility index (Phi) is 4.44. The first-order chi connectivity index (χ1) is 7.63. The van der Waals surface area contributed by atoms with Crippen molar-refractivity contribution in [2.45, 2.75) is 19.8 Å². The highest BCUT2D eigenvalue weighted by Gasteiger charge is 2.10. The highest BCUT2D eigenvalue weighted by atomic mass is 16.7. The van der Waals surface area contributed by atoms with E-state index in [1.807, 2.05) is 0 Å². The fraction of sp³-hybridized carbons (Fsp3) is 0.364. The summed E-state index contributed by atoms with van der Waals surface area (Å²) >= 11 is 0. The van der Waals surface area contributed by atoms with Crippen molar-refractivity contribution >= 4 is 11.9 Å². The van der Waals surface area contributed by atoms with Crippen LogP contribution in [0.25, 0.3) is 0 Å². The van der Waals surface area contributed by atoms with Gasteiger partial charge in [0.15, 0.2) is 5.75 Å². The van der Waals surface area contributed by atoms with Gasteiger partial charge in [-0.15, -0.1) is 0 Å². The molecule has 0 saturated heterocycles. The quantitative estimate of drug-likeness (QED) is 0.727. The number of ketones is 1. The molecule has 1 aromatic heterocycles. The van der Waals surface area contributed by atoms with Crippen molar-refractivity contribution in [3.63, 3.8) is 0 Å². The van der Waals surface area contributed by atoms with E-state index in [9.17, 15) is 9.59 Å². The molecule has 0 spiro atoms. The van der Waals surface area contributed by atoms with Crippen molar-refractivity contribution in [1.82, 2.24) is 4.98 Å². The molecule has 86 valence electrons. The number of carbonyl (C=O) groups excluding carboxylic acids is 2. The van der Waals surface area contributed by atoms with Crippen molar-refractivity contribution in [2.75, 3.05) is 7.11 Å². The van der Waals surface area contributed by atoms with Crippen LogP contribution in [-0.4, -0.2) is 24.0 Å². The van der Waals surface area contributed by atoms with Crippen molar-refractivity contribution < 1.29 is 19.1 Å². The fourth-order valence-electron chi connectivity index (χ4n) is 1.13. The number of rotatable bonds is 4. The number of aryl methyl sites for hydroxylation is 1. The van der Waals surface area contributed by atoms with Gasteiger partial charge in [0.2, 0.25) is 0 Å². The first-order valence-electron chi connectivity index (χ1n) is 4.82. The molecular weight excluding hydrogens is 210 g/mol. The Morgan fingerprint density at radius 2 is 2.19 bits per heavy atom. The van der Waals surface area contributed by atoms with Crippen molar-refractivity contribution in [3.05, 3.63) is 24.0 Å². The topological polar surface area (TPSA) is 65.5 Å². The zero-order valence-corrected chi connectivity index (χ0v) is 9.23. The minimum absolute atomic E-state index is 0.0645. The predicted octanol–water partition coefficient (Wildman–Crippen LogP) is 1.75. The SMILES string of the molecule is COC(=O)Oc1cccnc1CCC(C)=O. The maximum Gasteiger partial charge on any atom is 0.513 e. The average Bonchev–Trinajstić information content (AvgIpc) is 2.27. The zero-order valence-electron chi connectivity index (χ0n) is 9.23. The fourth-order valence-corrected chi connectivity index (χ4v) is 1.13. The molecule has 1 rings (SSSR count). The Morgan fingerprint density at radius 3 is 2.81 bits per heavy atom. The van der Waals surface area contributed by atoms with Gasteiger partial charge in [0.1, 0.15) is 5.78 Å². The number of nitrogens with zero attached hydrogens (tertiary/aromatic N) is 1. The van der Waals surface area contributed by atoms with Gasteiger partial charge in [-0.3, -0.25) is 4.98 Å². The smallest absolute Gasteiger partial charge is 0.437 e. The van der Waals surface area contributed by atoms with E-state index in [-0.39, 0.29) is 5.78 Å². The second kappa shape index (κ2) is 5.85. The van der Waals surface area contributed by atoms with Gasteiger partial charge in [0.05, 0.1) is 12.8 Å². The third-order valence-corrected chi connectivity index (χ3v) is 1.92. The largest absolute Gasteiger partial charge is 0.513 e. The maximum absolute atomic E-state index is 10.9. The summed E-state index contributed by atoms with van der Waals surface area (Å²) in [5.41, 5.74) is 0.572. The third kappa shape index (κ3) is 3.68. The number of hydrogen-bond acceptors (Lipinski definition) is 5. The molecule has 0 bridgehead atoms. The van der Waals surface area contributed by atoms with Crippen LogP contribution in [0.2, 0.25) is 0 Å². The zero-order chi connectivity index (χ0) is 12.0. The second-order valence-electron chi connectivity index (χ2n) is 3.21. The number of Topliss-reactive ketones (excluding diaryl/α,β-unsaturated/α-hetero) is 1. The van der Waals surface area contributed by atoms with Crippen LogP contribution in [0.3, 0.4) is 0 Å². The molecule has 0 aromatic carbocycles. The number of ether oxygens (including phenoxy) is 2. The lowest BCUT2D eigenvalue weighted by Gasteiger charge is -2.06. The molecule has 0 amide bonds. The van der Waals surface area contributed by atoms with Crippen LogP contribution in [0, 0.1) is 0 Å². The van der Waals surface area contributed by atoms with Crippen molar-refractivity contribution in [3.8, 4) is 5.75 Å². The third-order valence-electron chi connectivity index (χ3n) is 1.92. The van der Waals surface area contributed by atoms with Crippen molar-refractivity contribution in [2.24, 2.45) is 0 Å². The molecular formula is C11H13NO4. The minimum atomic E-state index is -0.794. The highest BCUT2D eigenvalue weighted by Crippen LogP contribution is 2.17. The van der Waals surface area contributed by atoms with E-state index < -0.39 is 6.16 Å². The molecule has 0 radical (unpaired) electrons. The summed E-state index contributed by atoms with van der Waals surface area (Å²) in [5.74, 6) is 0.394. The molecule has 0 unspecified atom stereocenters. The molecule has 0 atom stereocenters. The van der Waals surface area contributed by atoms with E-state index in [4.69, 9.17) is 4.74 Å². The predicted molar refractivity (Wildman–Crippen MR) is 56.3 cm³/mol. The van der Waals surface area contributed by atoms with E-state index in [2.05, 4.69) is 9.72 Å². The summed E-state index contributed by atoms with van der Waals surface area (Å²) in [6.45, 7) is 1.50. The number of pyridine rings is 1. The molecule has 0 aliphatic carbocycles. The van der Waals surface area contributed by atoms with Gasteiger partial charge in [-0.05, 0) is 19.1 Å². The van der Waals surface area contributed by atoms with Crippen molar-refractivity contribution in [1.29, 1.82) is 0 Å². The van der Waals surface area contributed by atoms with E-state index in [0.717, 1.165) is 0 Å². The van der Waals surface area contributed by atoms with Crippen LogP contribution in [0.1, 0.15) is 19.0 Å². The highest BCUT2D eigenvalue weighted by molar-refractivity contribution is 5.75. The normalized spacial score (nSPS) is 9.62. The van der Waals surface area contributed by atoms with Crippen LogP contribution >= 0.6 is 0 Å². The first-order valence-corrected chi connectivity index (χ1v) is 4.82. The Morgan fingerprint density at radius 1 is 1.44 bits per heavy atom. The molecule has 0 saturated carbocycles. The maximum atomic E-state index is 10.9. The summed E-state index contributed by atoms with van der Waals surface area (Å²) < 4.78 is 9.27. The lowest BCUT2D eigenvalue weighted by atomic mass is 10.1. The molecule has 5 nitrogen and oxygen atoms in total. The lowest BCUT2D eigenvalue weighted by molar-refractivity contribution is -0.116. The number of carbonyl (C=O) groups is 2. The molecule has 0 N–H and O–H groups in total. The molecule has 16 heavy (non-hydrogen) atoms. The Balaban J connectivity index is 2.74. The van der Waals surface area contributed by atoms with Gasteiger partial charge in [0.25, 0.3) is 0 Å². The summed E-state index contributed by atoms with van der Waals surface area (Å²) in [6, 6.07) is 3.26. The van der Waals surface area contributed by atoms with Crippen LogP contribution in [0.4, 0.5) is 4.79 Å². The number of aromatic nitrogens is 1. The monoisotopic (exact) mass is 223 g/mol. The van der Waals surface area contributed by atoms with Crippen LogP contribution in [-0.2, 0) is 16.0 Å². The molecule has 1 heterocycles. The van der Waals surface area contributed by atoms with Gasteiger partial charge in [-0.25, -0.2) is 4.79 Å². The summed E-state index contributed by atoms with van der Waals surface area (Å²) in [7, 11) is 1.23. The Labute approximate surface area is 93.4 Å². The molecule has 0 aliphatic rings. The van der Waals surface area contributed by atoms with Crippen LogP contribution < -0.4 is 4.74 Å². The van der Waals surface area contributed by atoms with E-state index >= 15 is 0 Å². The Hall–Kier alpha value is -1.91. The van der Waals surface area contributed by atoms with Gasteiger partial charge in [-0.2, -0.15) is 0 Å². The van der Waals surface area contributed by atoms with Gasteiger partial charge < -0.3 is 14.3 Å².